The summed E-state index contributed by atoms with van der Waals surface area (Å²) >= 11 is 0. The number of nitrogens with zero attached hydrogens (tertiary/aromatic N) is 1. The van der Waals surface area contributed by atoms with Crippen LogP contribution in [0.3, 0.4) is 0 Å². The minimum atomic E-state index is -0.0950. The molecule has 1 aromatic rings. The Labute approximate surface area is 89.5 Å². The van der Waals surface area contributed by atoms with Crippen molar-refractivity contribution in [1.29, 1.82) is 0 Å². The van der Waals surface area contributed by atoms with E-state index in [0.29, 0.717) is 0 Å². The number of phenolic OH excluding ortho intramolecular Hbond substituents is 1. The molecule has 4 heteroatoms. The van der Waals surface area contributed by atoms with E-state index in [0.717, 1.165) is 5.56 Å². The van der Waals surface area contributed by atoms with Gasteiger partial charge in [-0.3, -0.25) is 15.5 Å². The van der Waals surface area contributed by atoms with E-state index in [4.69, 9.17) is 10.5 Å². The van der Waals surface area contributed by atoms with Crippen LogP contribution in [0.25, 0.3) is 0 Å². The van der Waals surface area contributed by atoms with Crippen LogP contribution in [0, 0.1) is 0 Å². The number of rotatable bonds is 1. The summed E-state index contributed by atoms with van der Waals surface area (Å²) in [6.45, 7) is 6.05. The topological polar surface area (TPSA) is 73.1 Å². The molecule has 0 heterocycles. The summed E-state index contributed by atoms with van der Waals surface area (Å²) in [5, 5.41) is 21.4. The number of benzene rings is 1. The van der Waals surface area contributed by atoms with E-state index >= 15 is 0 Å². The van der Waals surface area contributed by atoms with Crippen LogP contribution >= 0.6 is 0 Å². The standard InChI is InChI=1S/C11H15NO.H2O2/c1-11(2,3)12-8-9-6-4-5-7-10(9)13;1-2/h4-8,13H,1-3H3;1-2H. The van der Waals surface area contributed by atoms with E-state index in [1.807, 2.05) is 32.9 Å². The molecule has 15 heavy (non-hydrogen) atoms. The maximum Gasteiger partial charge on any atom is 0.124 e. The Bertz CT molecular complexity index is 316. The first-order valence-electron chi connectivity index (χ1n) is 4.52. The van der Waals surface area contributed by atoms with E-state index < -0.39 is 0 Å². The van der Waals surface area contributed by atoms with Crippen LogP contribution in [0.5, 0.6) is 5.75 Å². The molecule has 0 saturated carbocycles. The third-order valence-electron chi connectivity index (χ3n) is 1.53. The molecule has 0 bridgehead atoms. The SMILES string of the molecule is CC(C)(C)N=Cc1ccccc1O.OO. The highest BCUT2D eigenvalue weighted by Crippen LogP contribution is 2.14. The summed E-state index contributed by atoms with van der Waals surface area (Å²) in [6.07, 6.45) is 1.70. The molecule has 4 nitrogen and oxygen atoms in total. The van der Waals surface area contributed by atoms with Gasteiger partial charge in [-0.1, -0.05) is 12.1 Å². The lowest BCUT2D eigenvalue weighted by Crippen LogP contribution is -2.09. The van der Waals surface area contributed by atoms with Crippen molar-refractivity contribution in [3.05, 3.63) is 29.8 Å². The Morgan fingerprint density at radius 3 is 2.13 bits per heavy atom. The molecular formula is C11H17NO3. The summed E-state index contributed by atoms with van der Waals surface area (Å²) in [5.74, 6) is 0.274. The molecule has 0 aromatic heterocycles. The van der Waals surface area contributed by atoms with Crippen LogP contribution in [0.15, 0.2) is 29.3 Å². The number of hydrogen-bond acceptors (Lipinski definition) is 4. The lowest BCUT2D eigenvalue weighted by atomic mass is 10.1. The summed E-state index contributed by atoms with van der Waals surface area (Å²) < 4.78 is 0. The van der Waals surface area contributed by atoms with Gasteiger partial charge in [0.2, 0.25) is 0 Å². The van der Waals surface area contributed by atoms with Crippen LogP contribution in [0.1, 0.15) is 26.3 Å². The van der Waals surface area contributed by atoms with Crippen LogP contribution in [-0.4, -0.2) is 27.4 Å². The molecule has 0 amide bonds. The van der Waals surface area contributed by atoms with Crippen molar-refractivity contribution in [2.45, 2.75) is 26.3 Å². The quantitative estimate of drug-likeness (QED) is 0.380. The summed E-state index contributed by atoms with van der Waals surface area (Å²) in [6, 6.07) is 7.17. The van der Waals surface area contributed by atoms with Gasteiger partial charge in [0.15, 0.2) is 0 Å². The summed E-state index contributed by atoms with van der Waals surface area (Å²) in [5.41, 5.74) is 0.667. The normalized spacial score (nSPS) is 11.0. The van der Waals surface area contributed by atoms with Gasteiger partial charge in [-0.15, -0.1) is 0 Å². The Morgan fingerprint density at radius 1 is 1.13 bits per heavy atom. The number of phenols is 1. The van der Waals surface area contributed by atoms with Gasteiger partial charge in [-0.25, -0.2) is 0 Å². The van der Waals surface area contributed by atoms with Gasteiger partial charge in [0.1, 0.15) is 5.75 Å². The summed E-state index contributed by atoms with van der Waals surface area (Å²) in [7, 11) is 0. The largest absolute Gasteiger partial charge is 0.507 e. The van der Waals surface area contributed by atoms with Gasteiger partial charge < -0.3 is 5.11 Å². The van der Waals surface area contributed by atoms with Gasteiger partial charge >= 0.3 is 0 Å². The smallest absolute Gasteiger partial charge is 0.124 e. The molecule has 0 aliphatic carbocycles. The molecule has 3 N–H and O–H groups in total. The third kappa shape index (κ3) is 5.83. The Balaban J connectivity index is 0.000000921. The molecule has 0 spiro atoms. The lowest BCUT2D eigenvalue weighted by Gasteiger charge is -2.10. The molecule has 1 rings (SSSR count). The maximum atomic E-state index is 9.42. The molecule has 0 unspecified atom stereocenters. The van der Waals surface area contributed by atoms with E-state index in [-0.39, 0.29) is 11.3 Å². The van der Waals surface area contributed by atoms with Crippen molar-refractivity contribution in [3.63, 3.8) is 0 Å². The zero-order valence-corrected chi connectivity index (χ0v) is 9.18. The highest BCUT2D eigenvalue weighted by molar-refractivity contribution is 5.83. The van der Waals surface area contributed by atoms with Crippen LogP contribution in [0.2, 0.25) is 0 Å². The number of aliphatic imine (C=N–C) groups is 1. The minimum Gasteiger partial charge on any atom is -0.507 e. The molecule has 0 aliphatic heterocycles. The van der Waals surface area contributed by atoms with Gasteiger partial charge in [-0.2, -0.15) is 0 Å². The van der Waals surface area contributed by atoms with Crippen LogP contribution in [-0.2, 0) is 0 Å². The minimum absolute atomic E-state index is 0.0950. The zero-order chi connectivity index (χ0) is 11.9. The van der Waals surface area contributed by atoms with Crippen LogP contribution < -0.4 is 0 Å². The first-order chi connectivity index (χ1) is 6.99. The molecule has 84 valence electrons. The monoisotopic (exact) mass is 211 g/mol. The van der Waals surface area contributed by atoms with Crippen molar-refractivity contribution in [1.82, 2.24) is 0 Å². The van der Waals surface area contributed by atoms with Crippen LogP contribution in [0.4, 0.5) is 0 Å². The molecule has 0 fully saturated rings. The first kappa shape index (κ1) is 13.6. The highest BCUT2D eigenvalue weighted by Gasteiger charge is 2.05. The second kappa shape index (κ2) is 6.16. The van der Waals surface area contributed by atoms with E-state index in [1.165, 1.54) is 0 Å². The van der Waals surface area contributed by atoms with Gasteiger partial charge in [0, 0.05) is 11.8 Å². The number of para-hydroxylation sites is 1. The van der Waals surface area contributed by atoms with E-state index in [9.17, 15) is 5.11 Å². The Hall–Kier alpha value is -1.39. The van der Waals surface area contributed by atoms with Crippen molar-refractivity contribution in [3.8, 4) is 5.75 Å². The Kier molecular flexibility index (Phi) is 5.59. The summed E-state index contributed by atoms with van der Waals surface area (Å²) in [4.78, 5) is 4.30. The van der Waals surface area contributed by atoms with E-state index in [2.05, 4.69) is 4.99 Å². The number of hydrogen-bond donors (Lipinski definition) is 3. The molecule has 1 aromatic carbocycles. The van der Waals surface area contributed by atoms with Crippen molar-refractivity contribution >= 4 is 6.21 Å². The second-order valence-electron chi connectivity index (χ2n) is 3.99. The fraction of sp³-hybridized carbons (Fsp3) is 0.364. The fourth-order valence-corrected chi connectivity index (χ4v) is 0.860. The molecular weight excluding hydrogens is 194 g/mol. The molecule has 0 saturated heterocycles. The van der Waals surface area contributed by atoms with Gasteiger partial charge in [0.05, 0.1) is 5.54 Å². The molecule has 0 atom stereocenters. The van der Waals surface area contributed by atoms with Crippen molar-refractivity contribution in [2.24, 2.45) is 4.99 Å². The van der Waals surface area contributed by atoms with Gasteiger partial charge in [0.25, 0.3) is 0 Å². The second-order valence-corrected chi connectivity index (χ2v) is 3.99. The number of aromatic hydroxyl groups is 1. The average Bonchev–Trinajstić information content (AvgIpc) is 2.18. The third-order valence-corrected chi connectivity index (χ3v) is 1.53. The predicted molar refractivity (Wildman–Crippen MR) is 60.7 cm³/mol. The molecule has 0 radical (unpaired) electrons. The van der Waals surface area contributed by atoms with Gasteiger partial charge in [-0.05, 0) is 32.9 Å². The fourth-order valence-electron chi connectivity index (χ4n) is 0.860. The van der Waals surface area contributed by atoms with Crippen molar-refractivity contribution < 1.29 is 15.6 Å². The maximum absolute atomic E-state index is 9.42. The highest BCUT2D eigenvalue weighted by atomic mass is 17.0. The average molecular weight is 211 g/mol. The zero-order valence-electron chi connectivity index (χ0n) is 9.18. The van der Waals surface area contributed by atoms with Crippen molar-refractivity contribution in [2.75, 3.05) is 0 Å². The lowest BCUT2D eigenvalue weighted by molar-refractivity contribution is -0.176. The first-order valence-corrected chi connectivity index (χ1v) is 4.52. The molecule has 0 aliphatic rings. The van der Waals surface area contributed by atoms with E-state index in [1.54, 1.807) is 18.3 Å². The predicted octanol–water partition coefficient (Wildman–Crippen LogP) is 2.63. The Morgan fingerprint density at radius 2 is 1.67 bits per heavy atom.